The maximum absolute atomic E-state index is 3.48. The van der Waals surface area contributed by atoms with Gasteiger partial charge in [-0.3, -0.25) is 0 Å². The van der Waals surface area contributed by atoms with Gasteiger partial charge in [-0.1, -0.05) is 25.7 Å². The third kappa shape index (κ3) is 2.28. The molecule has 1 spiro atoms. The SMILES string of the molecule is C1CCCC2(CC1)CN(CC1CCNC1)C2. The lowest BCUT2D eigenvalue weighted by Crippen LogP contribution is -2.57. The molecule has 3 fully saturated rings. The van der Waals surface area contributed by atoms with E-state index < -0.39 is 0 Å². The first-order valence-corrected chi connectivity index (χ1v) is 7.29. The number of likely N-dealkylation sites (tertiary alicyclic amines) is 1. The van der Waals surface area contributed by atoms with E-state index in [-0.39, 0.29) is 0 Å². The maximum atomic E-state index is 3.48. The predicted octanol–water partition coefficient (Wildman–Crippen LogP) is 2.25. The second-order valence-corrected chi connectivity index (χ2v) is 6.44. The van der Waals surface area contributed by atoms with Crippen LogP contribution in [0, 0.1) is 11.3 Å². The molecule has 0 aromatic carbocycles. The van der Waals surface area contributed by atoms with Crippen molar-refractivity contribution in [1.82, 2.24) is 10.2 Å². The van der Waals surface area contributed by atoms with E-state index in [0.29, 0.717) is 0 Å². The van der Waals surface area contributed by atoms with Crippen LogP contribution in [0.25, 0.3) is 0 Å². The summed E-state index contributed by atoms with van der Waals surface area (Å²) >= 11 is 0. The van der Waals surface area contributed by atoms with Gasteiger partial charge in [-0.05, 0) is 43.7 Å². The molecule has 0 aromatic heterocycles. The molecule has 1 atom stereocenters. The molecule has 0 aromatic rings. The molecule has 1 unspecified atom stereocenters. The highest BCUT2D eigenvalue weighted by Gasteiger charge is 2.42. The lowest BCUT2D eigenvalue weighted by Gasteiger charge is -2.51. The number of hydrogen-bond donors (Lipinski definition) is 1. The molecule has 92 valence electrons. The summed E-state index contributed by atoms with van der Waals surface area (Å²) in [7, 11) is 0. The van der Waals surface area contributed by atoms with Crippen molar-refractivity contribution in [1.29, 1.82) is 0 Å². The van der Waals surface area contributed by atoms with Crippen LogP contribution in [-0.4, -0.2) is 37.6 Å². The highest BCUT2D eigenvalue weighted by Crippen LogP contribution is 2.42. The maximum Gasteiger partial charge on any atom is 0.00506 e. The molecule has 2 saturated heterocycles. The zero-order chi connectivity index (χ0) is 10.8. The van der Waals surface area contributed by atoms with Gasteiger partial charge in [0, 0.05) is 19.6 Å². The van der Waals surface area contributed by atoms with E-state index in [0.717, 1.165) is 11.3 Å². The second kappa shape index (κ2) is 4.66. The quantitative estimate of drug-likeness (QED) is 0.771. The van der Waals surface area contributed by atoms with Crippen LogP contribution < -0.4 is 5.32 Å². The summed E-state index contributed by atoms with van der Waals surface area (Å²) in [6, 6.07) is 0. The van der Waals surface area contributed by atoms with Crippen LogP contribution in [0.3, 0.4) is 0 Å². The minimum absolute atomic E-state index is 0.766. The molecule has 2 heterocycles. The largest absolute Gasteiger partial charge is 0.316 e. The highest BCUT2D eigenvalue weighted by molar-refractivity contribution is 4.96. The van der Waals surface area contributed by atoms with Crippen molar-refractivity contribution in [3.05, 3.63) is 0 Å². The first-order chi connectivity index (χ1) is 7.86. The Kier molecular flexibility index (Phi) is 3.21. The van der Waals surface area contributed by atoms with E-state index in [1.807, 2.05) is 0 Å². The van der Waals surface area contributed by atoms with E-state index >= 15 is 0 Å². The number of rotatable bonds is 2. The molecule has 2 heteroatoms. The normalized spacial score (nSPS) is 34.9. The molecule has 3 rings (SSSR count). The minimum Gasteiger partial charge on any atom is -0.316 e. The summed E-state index contributed by atoms with van der Waals surface area (Å²) in [4.78, 5) is 2.73. The number of nitrogens with zero attached hydrogens (tertiary/aromatic N) is 1. The third-order valence-corrected chi connectivity index (χ3v) is 4.96. The number of nitrogens with one attached hydrogen (secondary N) is 1. The van der Waals surface area contributed by atoms with Crippen LogP contribution in [0.4, 0.5) is 0 Å². The molecule has 2 nitrogen and oxygen atoms in total. The highest BCUT2D eigenvalue weighted by atomic mass is 15.2. The van der Waals surface area contributed by atoms with Crippen molar-refractivity contribution in [2.24, 2.45) is 11.3 Å². The van der Waals surface area contributed by atoms with Crippen LogP contribution >= 0.6 is 0 Å². The zero-order valence-corrected chi connectivity index (χ0v) is 10.5. The average molecular weight is 222 g/mol. The lowest BCUT2D eigenvalue weighted by atomic mass is 9.73. The summed E-state index contributed by atoms with van der Waals surface area (Å²) in [5, 5.41) is 3.48. The van der Waals surface area contributed by atoms with E-state index in [2.05, 4.69) is 10.2 Å². The Morgan fingerprint density at radius 3 is 2.44 bits per heavy atom. The van der Waals surface area contributed by atoms with Crippen molar-refractivity contribution in [3.63, 3.8) is 0 Å². The molecular formula is C14H26N2. The van der Waals surface area contributed by atoms with Gasteiger partial charge < -0.3 is 10.2 Å². The van der Waals surface area contributed by atoms with Crippen LogP contribution in [0.1, 0.15) is 44.9 Å². The fourth-order valence-electron chi connectivity index (χ4n) is 4.06. The van der Waals surface area contributed by atoms with Gasteiger partial charge in [0.05, 0.1) is 0 Å². The van der Waals surface area contributed by atoms with Crippen molar-refractivity contribution >= 4 is 0 Å². The van der Waals surface area contributed by atoms with Crippen molar-refractivity contribution in [2.75, 3.05) is 32.7 Å². The summed E-state index contributed by atoms with van der Waals surface area (Å²) < 4.78 is 0. The molecule has 0 bridgehead atoms. The van der Waals surface area contributed by atoms with Crippen molar-refractivity contribution in [2.45, 2.75) is 44.9 Å². The average Bonchev–Trinajstić information content (AvgIpc) is 2.60. The molecule has 2 aliphatic heterocycles. The molecule has 1 saturated carbocycles. The van der Waals surface area contributed by atoms with Gasteiger partial charge in [-0.2, -0.15) is 0 Å². The molecular weight excluding hydrogens is 196 g/mol. The molecule has 0 radical (unpaired) electrons. The van der Waals surface area contributed by atoms with Gasteiger partial charge in [-0.25, -0.2) is 0 Å². The summed E-state index contributed by atoms with van der Waals surface area (Å²) in [6.07, 6.45) is 10.4. The second-order valence-electron chi connectivity index (χ2n) is 6.44. The van der Waals surface area contributed by atoms with E-state index in [9.17, 15) is 0 Å². The Morgan fingerprint density at radius 2 is 1.81 bits per heavy atom. The zero-order valence-electron chi connectivity index (χ0n) is 10.5. The Hall–Kier alpha value is -0.0800. The Balaban J connectivity index is 1.45. The van der Waals surface area contributed by atoms with Gasteiger partial charge in [0.25, 0.3) is 0 Å². The summed E-state index contributed by atoms with van der Waals surface area (Å²) in [5.74, 6) is 0.947. The third-order valence-electron chi connectivity index (χ3n) is 4.96. The van der Waals surface area contributed by atoms with Gasteiger partial charge >= 0.3 is 0 Å². The Bertz CT molecular complexity index is 217. The predicted molar refractivity (Wildman–Crippen MR) is 67.6 cm³/mol. The van der Waals surface area contributed by atoms with Gasteiger partial charge in [0.15, 0.2) is 0 Å². The summed E-state index contributed by atoms with van der Waals surface area (Å²) in [5.41, 5.74) is 0.766. The van der Waals surface area contributed by atoms with Crippen LogP contribution in [-0.2, 0) is 0 Å². The minimum atomic E-state index is 0.766. The topological polar surface area (TPSA) is 15.3 Å². The van der Waals surface area contributed by atoms with Gasteiger partial charge in [-0.15, -0.1) is 0 Å². The smallest absolute Gasteiger partial charge is 0.00506 e. The van der Waals surface area contributed by atoms with E-state index in [1.54, 1.807) is 0 Å². The van der Waals surface area contributed by atoms with Gasteiger partial charge in [0.2, 0.25) is 0 Å². The molecule has 16 heavy (non-hydrogen) atoms. The fraction of sp³-hybridized carbons (Fsp3) is 1.00. The molecule has 0 amide bonds. The Labute approximate surface area is 99.8 Å². The molecule has 1 aliphatic carbocycles. The van der Waals surface area contributed by atoms with Gasteiger partial charge in [0.1, 0.15) is 0 Å². The van der Waals surface area contributed by atoms with Crippen molar-refractivity contribution in [3.8, 4) is 0 Å². The summed E-state index contributed by atoms with van der Waals surface area (Å²) in [6.45, 7) is 6.73. The molecule has 1 N–H and O–H groups in total. The van der Waals surface area contributed by atoms with Crippen LogP contribution in [0.5, 0.6) is 0 Å². The number of hydrogen-bond acceptors (Lipinski definition) is 2. The molecule has 3 aliphatic rings. The van der Waals surface area contributed by atoms with Crippen molar-refractivity contribution < 1.29 is 0 Å². The monoisotopic (exact) mass is 222 g/mol. The first kappa shape index (κ1) is 11.0. The van der Waals surface area contributed by atoms with Crippen LogP contribution in [0.2, 0.25) is 0 Å². The van der Waals surface area contributed by atoms with E-state index in [4.69, 9.17) is 0 Å². The fourth-order valence-corrected chi connectivity index (χ4v) is 4.06. The lowest BCUT2D eigenvalue weighted by molar-refractivity contribution is -0.0197. The van der Waals surface area contributed by atoms with Crippen LogP contribution in [0.15, 0.2) is 0 Å². The Morgan fingerprint density at radius 1 is 1.06 bits per heavy atom. The standard InChI is InChI=1S/C14H26N2/c1-2-4-7-14(6-3-1)11-16(12-14)10-13-5-8-15-9-13/h13,15H,1-12H2. The van der Waals surface area contributed by atoms with E-state index in [1.165, 1.54) is 77.7 Å². The first-order valence-electron chi connectivity index (χ1n) is 7.29.